The Morgan fingerprint density at radius 2 is 1.56 bits per heavy atom. The Bertz CT molecular complexity index is 661. The van der Waals surface area contributed by atoms with Gasteiger partial charge in [-0.2, -0.15) is 13.2 Å². The highest BCUT2D eigenvalue weighted by Gasteiger charge is 2.44. The maximum atomic E-state index is 13.6. The molecule has 3 nitrogen and oxygen atoms in total. The maximum absolute atomic E-state index is 13.6. The first-order chi connectivity index (χ1) is 11.5. The highest BCUT2D eigenvalue weighted by molar-refractivity contribution is 5.85. The molecule has 1 N–H and O–H groups in total. The van der Waals surface area contributed by atoms with E-state index in [1.54, 1.807) is 24.3 Å². The van der Waals surface area contributed by atoms with Crippen LogP contribution >= 0.6 is 12.4 Å². The van der Waals surface area contributed by atoms with Gasteiger partial charge >= 0.3 is 6.18 Å². The summed E-state index contributed by atoms with van der Waals surface area (Å²) in [6.07, 6.45) is -4.33. The first kappa shape index (κ1) is 19.6. The van der Waals surface area contributed by atoms with E-state index in [0.29, 0.717) is 37.7 Å². The zero-order valence-electron chi connectivity index (χ0n) is 13.5. The number of hydrogen-bond donors (Lipinski definition) is 1. The Balaban J connectivity index is 0.00000225. The smallest absolute Gasteiger partial charge is 0.408 e. The Labute approximate surface area is 151 Å². The van der Waals surface area contributed by atoms with E-state index in [2.05, 4.69) is 5.32 Å². The van der Waals surface area contributed by atoms with Gasteiger partial charge < -0.3 is 10.1 Å². The van der Waals surface area contributed by atoms with Crippen molar-refractivity contribution in [3.05, 3.63) is 60.2 Å². The number of ether oxygens (including phenoxy) is 1. The van der Waals surface area contributed by atoms with Crippen LogP contribution in [0.25, 0.3) is 0 Å². The molecular formula is C18H20ClF3N2O. The van der Waals surface area contributed by atoms with Crippen molar-refractivity contribution in [1.29, 1.82) is 0 Å². The molecule has 3 rings (SSSR count). The number of benzene rings is 2. The van der Waals surface area contributed by atoms with Gasteiger partial charge in [0.05, 0.1) is 0 Å². The molecule has 1 atom stereocenters. The Kier molecular flexibility index (Phi) is 6.70. The third-order valence-electron chi connectivity index (χ3n) is 3.98. The molecule has 0 saturated carbocycles. The Hall–Kier alpha value is -1.76. The molecule has 0 aliphatic carbocycles. The first-order valence-corrected chi connectivity index (χ1v) is 7.88. The average molecular weight is 373 g/mol. The number of piperazine rings is 1. The fraction of sp³-hybridized carbons (Fsp3) is 0.333. The molecule has 0 spiro atoms. The number of para-hydroxylation sites is 1. The lowest BCUT2D eigenvalue weighted by molar-refractivity contribution is -0.187. The number of alkyl halides is 3. The van der Waals surface area contributed by atoms with Crippen molar-refractivity contribution in [2.24, 2.45) is 0 Å². The second-order valence-corrected chi connectivity index (χ2v) is 5.72. The van der Waals surface area contributed by atoms with Gasteiger partial charge in [0.15, 0.2) is 0 Å². The van der Waals surface area contributed by atoms with E-state index in [9.17, 15) is 13.2 Å². The molecule has 1 heterocycles. The minimum atomic E-state index is -4.33. The lowest BCUT2D eigenvalue weighted by Gasteiger charge is -2.36. The molecule has 0 amide bonds. The molecule has 2 aromatic rings. The van der Waals surface area contributed by atoms with E-state index >= 15 is 0 Å². The average Bonchev–Trinajstić information content (AvgIpc) is 2.56. The van der Waals surface area contributed by atoms with E-state index in [-0.39, 0.29) is 18.0 Å². The van der Waals surface area contributed by atoms with E-state index in [4.69, 9.17) is 4.74 Å². The van der Waals surface area contributed by atoms with Gasteiger partial charge in [-0.3, -0.25) is 4.90 Å². The van der Waals surface area contributed by atoms with Crippen LogP contribution in [-0.4, -0.2) is 37.3 Å². The fourth-order valence-corrected chi connectivity index (χ4v) is 2.92. The number of rotatable bonds is 4. The van der Waals surface area contributed by atoms with Crippen molar-refractivity contribution in [2.75, 3.05) is 26.2 Å². The van der Waals surface area contributed by atoms with Crippen LogP contribution in [-0.2, 0) is 0 Å². The summed E-state index contributed by atoms with van der Waals surface area (Å²) in [5.41, 5.74) is 0.206. The van der Waals surface area contributed by atoms with Gasteiger partial charge in [0.1, 0.15) is 17.5 Å². The van der Waals surface area contributed by atoms with Gasteiger partial charge in [-0.15, -0.1) is 12.4 Å². The minimum Gasteiger partial charge on any atom is -0.457 e. The van der Waals surface area contributed by atoms with Gasteiger partial charge in [-0.25, -0.2) is 0 Å². The van der Waals surface area contributed by atoms with Crippen molar-refractivity contribution in [1.82, 2.24) is 10.2 Å². The topological polar surface area (TPSA) is 24.5 Å². The van der Waals surface area contributed by atoms with Gasteiger partial charge in [0, 0.05) is 26.2 Å². The number of hydrogen-bond acceptors (Lipinski definition) is 3. The lowest BCUT2D eigenvalue weighted by Crippen LogP contribution is -2.49. The van der Waals surface area contributed by atoms with Crippen LogP contribution in [0.2, 0.25) is 0 Å². The molecule has 1 fully saturated rings. The highest BCUT2D eigenvalue weighted by Crippen LogP contribution is 2.39. The van der Waals surface area contributed by atoms with Gasteiger partial charge in [0.2, 0.25) is 0 Å². The summed E-state index contributed by atoms with van der Waals surface area (Å²) >= 11 is 0. The first-order valence-electron chi connectivity index (χ1n) is 7.88. The van der Waals surface area contributed by atoms with E-state index < -0.39 is 12.2 Å². The summed E-state index contributed by atoms with van der Waals surface area (Å²) in [7, 11) is 0. The lowest BCUT2D eigenvalue weighted by atomic mass is 10.0. The summed E-state index contributed by atoms with van der Waals surface area (Å²) < 4.78 is 46.6. The molecule has 7 heteroatoms. The van der Waals surface area contributed by atoms with Gasteiger partial charge in [-0.1, -0.05) is 30.3 Å². The number of nitrogens with one attached hydrogen (secondary N) is 1. The molecule has 0 unspecified atom stereocenters. The Morgan fingerprint density at radius 3 is 2.20 bits per heavy atom. The van der Waals surface area contributed by atoms with E-state index in [1.807, 2.05) is 18.2 Å². The largest absolute Gasteiger partial charge is 0.457 e. The molecule has 1 aliphatic rings. The van der Waals surface area contributed by atoms with E-state index in [0.717, 1.165) is 0 Å². The minimum absolute atomic E-state index is 0. The molecule has 136 valence electrons. The van der Waals surface area contributed by atoms with Crippen molar-refractivity contribution >= 4 is 12.4 Å². The van der Waals surface area contributed by atoms with Crippen molar-refractivity contribution in [3.8, 4) is 11.5 Å². The highest BCUT2D eigenvalue weighted by atomic mass is 35.5. The van der Waals surface area contributed by atoms with Crippen LogP contribution in [0.4, 0.5) is 13.2 Å². The second-order valence-electron chi connectivity index (χ2n) is 5.72. The van der Waals surface area contributed by atoms with Crippen LogP contribution in [0.3, 0.4) is 0 Å². The van der Waals surface area contributed by atoms with Crippen molar-refractivity contribution in [3.63, 3.8) is 0 Å². The second kappa shape index (κ2) is 8.56. The summed E-state index contributed by atoms with van der Waals surface area (Å²) in [5, 5.41) is 3.08. The molecule has 1 saturated heterocycles. The summed E-state index contributed by atoms with van der Waals surface area (Å²) in [5.74, 6) is 1.00. The molecule has 2 aromatic carbocycles. The SMILES string of the molecule is Cl.FC(F)(F)[C@H](c1cccc(Oc2ccccc2)c1)N1CCNCC1. The third kappa shape index (κ3) is 5.11. The zero-order chi connectivity index (χ0) is 17.0. The zero-order valence-corrected chi connectivity index (χ0v) is 14.3. The maximum Gasteiger partial charge on any atom is 0.408 e. The van der Waals surface area contributed by atoms with E-state index in [1.165, 1.54) is 17.0 Å². The molecular weight excluding hydrogens is 353 g/mol. The van der Waals surface area contributed by atoms with Crippen molar-refractivity contribution < 1.29 is 17.9 Å². The summed E-state index contributed by atoms with van der Waals surface area (Å²) in [6, 6.07) is 13.7. The normalized spacial score (nSPS) is 16.8. The van der Waals surface area contributed by atoms with Crippen LogP contribution in [0, 0.1) is 0 Å². The van der Waals surface area contributed by atoms with Crippen LogP contribution < -0.4 is 10.1 Å². The van der Waals surface area contributed by atoms with Crippen LogP contribution in [0.1, 0.15) is 11.6 Å². The van der Waals surface area contributed by atoms with Crippen LogP contribution in [0.15, 0.2) is 54.6 Å². The number of halogens is 4. The predicted molar refractivity (Wildman–Crippen MR) is 93.4 cm³/mol. The monoisotopic (exact) mass is 372 g/mol. The molecule has 1 aliphatic heterocycles. The Morgan fingerprint density at radius 1 is 0.920 bits per heavy atom. The summed E-state index contributed by atoms with van der Waals surface area (Å²) in [4.78, 5) is 1.47. The third-order valence-corrected chi connectivity index (χ3v) is 3.98. The molecule has 25 heavy (non-hydrogen) atoms. The van der Waals surface area contributed by atoms with Gasteiger partial charge in [0.25, 0.3) is 0 Å². The molecule has 0 radical (unpaired) electrons. The molecule has 0 bridgehead atoms. The number of nitrogens with zero attached hydrogens (tertiary/aromatic N) is 1. The predicted octanol–water partition coefficient (Wildman–Crippen LogP) is 4.41. The standard InChI is InChI=1S/C18H19F3N2O.ClH/c19-18(20,21)17(23-11-9-22-10-12-23)14-5-4-8-16(13-14)24-15-6-2-1-3-7-15;/h1-8,13,17,22H,9-12H2;1H/t17-;/m0./s1. The van der Waals surface area contributed by atoms with Crippen molar-refractivity contribution in [2.45, 2.75) is 12.2 Å². The quantitative estimate of drug-likeness (QED) is 0.860. The summed E-state index contributed by atoms with van der Waals surface area (Å²) in [6.45, 7) is 1.86. The molecule has 0 aromatic heterocycles. The van der Waals surface area contributed by atoms with Crippen LogP contribution in [0.5, 0.6) is 11.5 Å². The fourth-order valence-electron chi connectivity index (χ4n) is 2.92. The van der Waals surface area contributed by atoms with Gasteiger partial charge in [-0.05, 0) is 29.8 Å².